The third kappa shape index (κ3) is 3.49. The minimum Gasteiger partial charge on any atom is -0.348 e. The van der Waals surface area contributed by atoms with Crippen molar-refractivity contribution in [3.05, 3.63) is 84.6 Å². The zero-order valence-electron chi connectivity index (χ0n) is 15.5. The molecule has 0 spiro atoms. The van der Waals surface area contributed by atoms with E-state index in [1.54, 1.807) is 12.5 Å². The average molecular weight is 358 g/mol. The number of benzene rings is 2. The number of amides is 1. The first-order chi connectivity index (χ1) is 13.1. The Hall–Kier alpha value is -3.34. The van der Waals surface area contributed by atoms with Crippen molar-refractivity contribution in [3.63, 3.8) is 0 Å². The molecule has 27 heavy (non-hydrogen) atoms. The fourth-order valence-electron chi connectivity index (χ4n) is 3.42. The highest BCUT2D eigenvalue weighted by molar-refractivity contribution is 5.84. The second-order valence-electron chi connectivity index (χ2n) is 6.78. The van der Waals surface area contributed by atoms with E-state index in [0.29, 0.717) is 6.54 Å². The number of carbonyl (C=O) groups excluding carboxylic acids is 1. The lowest BCUT2D eigenvalue weighted by Crippen LogP contribution is -2.30. The van der Waals surface area contributed by atoms with E-state index in [2.05, 4.69) is 27.0 Å². The molecule has 4 rings (SSSR count). The quantitative estimate of drug-likeness (QED) is 0.586. The third-order valence-corrected chi connectivity index (χ3v) is 4.89. The molecule has 136 valence electrons. The van der Waals surface area contributed by atoms with E-state index in [0.717, 1.165) is 27.8 Å². The summed E-state index contributed by atoms with van der Waals surface area (Å²) >= 11 is 0. The van der Waals surface area contributed by atoms with Crippen LogP contribution in [0.15, 0.2) is 73.3 Å². The number of para-hydroxylation sites is 1. The zero-order valence-corrected chi connectivity index (χ0v) is 15.5. The molecule has 2 aromatic heterocycles. The topological polar surface area (TPSA) is 51.9 Å². The normalized spacial score (nSPS) is 12.2. The van der Waals surface area contributed by atoms with Crippen LogP contribution in [0.2, 0.25) is 0 Å². The van der Waals surface area contributed by atoms with Gasteiger partial charge in [0.1, 0.15) is 6.54 Å². The lowest BCUT2D eigenvalue weighted by Gasteiger charge is -2.16. The molecular formula is C22H22N4O. The first-order valence-corrected chi connectivity index (χ1v) is 9.04. The molecule has 5 heteroatoms. The molecule has 5 nitrogen and oxygen atoms in total. The highest BCUT2D eigenvalue weighted by Gasteiger charge is 2.13. The number of rotatable bonds is 5. The number of imidazole rings is 1. The van der Waals surface area contributed by atoms with Crippen LogP contribution in [0.1, 0.15) is 24.2 Å². The summed E-state index contributed by atoms with van der Waals surface area (Å²) < 4.78 is 4.01. The number of hydrogen-bond donors (Lipinski definition) is 1. The van der Waals surface area contributed by atoms with Crippen molar-refractivity contribution in [1.29, 1.82) is 0 Å². The fourth-order valence-corrected chi connectivity index (χ4v) is 3.42. The van der Waals surface area contributed by atoms with Crippen molar-refractivity contribution in [2.75, 3.05) is 0 Å². The Morgan fingerprint density at radius 3 is 2.67 bits per heavy atom. The van der Waals surface area contributed by atoms with Crippen molar-refractivity contribution in [1.82, 2.24) is 19.4 Å². The van der Waals surface area contributed by atoms with E-state index in [1.807, 2.05) is 67.1 Å². The molecule has 0 aliphatic heterocycles. The highest BCUT2D eigenvalue weighted by Crippen LogP contribution is 2.20. The van der Waals surface area contributed by atoms with Crippen LogP contribution >= 0.6 is 0 Å². The number of nitrogens with zero attached hydrogens (tertiary/aromatic N) is 3. The number of fused-ring (bicyclic) bond motifs is 1. The van der Waals surface area contributed by atoms with E-state index in [9.17, 15) is 4.79 Å². The van der Waals surface area contributed by atoms with Gasteiger partial charge in [0.2, 0.25) is 5.91 Å². The van der Waals surface area contributed by atoms with Crippen molar-refractivity contribution in [3.8, 4) is 5.69 Å². The summed E-state index contributed by atoms with van der Waals surface area (Å²) in [4.78, 5) is 16.7. The van der Waals surface area contributed by atoms with Crippen LogP contribution in [0.25, 0.3) is 16.6 Å². The molecule has 0 aliphatic carbocycles. The molecule has 4 aromatic rings. The van der Waals surface area contributed by atoms with E-state index in [1.165, 1.54) is 0 Å². The molecule has 1 atom stereocenters. The average Bonchev–Trinajstić information content (AvgIpc) is 3.31. The van der Waals surface area contributed by atoms with Gasteiger partial charge in [0.25, 0.3) is 0 Å². The number of aromatic nitrogens is 3. The summed E-state index contributed by atoms with van der Waals surface area (Å²) in [7, 11) is 0. The molecule has 1 amide bonds. The lowest BCUT2D eigenvalue weighted by molar-refractivity contribution is -0.122. The molecule has 1 N–H and O–H groups in total. The summed E-state index contributed by atoms with van der Waals surface area (Å²) in [6.07, 6.45) is 5.43. The van der Waals surface area contributed by atoms with Crippen LogP contribution in [0, 0.1) is 6.92 Å². The smallest absolute Gasteiger partial charge is 0.240 e. The Morgan fingerprint density at radius 2 is 1.93 bits per heavy atom. The summed E-state index contributed by atoms with van der Waals surface area (Å²) in [5, 5.41) is 4.26. The van der Waals surface area contributed by atoms with Crippen LogP contribution < -0.4 is 5.32 Å². The molecule has 2 aromatic carbocycles. The number of hydrogen-bond acceptors (Lipinski definition) is 2. The maximum atomic E-state index is 12.6. The number of carbonyl (C=O) groups is 1. The van der Waals surface area contributed by atoms with Gasteiger partial charge in [-0.2, -0.15) is 0 Å². The predicted octanol–water partition coefficient (Wildman–Crippen LogP) is 4.01. The van der Waals surface area contributed by atoms with Gasteiger partial charge in [-0.05, 0) is 49.1 Å². The SMILES string of the molecule is Cc1cc2ccccc2n1CC(=O)N[C@@H](C)c1ccc(-n2ccnc2)cc1. The summed E-state index contributed by atoms with van der Waals surface area (Å²) in [6, 6.07) is 18.3. The molecule has 0 aliphatic rings. The van der Waals surface area contributed by atoms with Gasteiger partial charge in [-0.3, -0.25) is 4.79 Å². The van der Waals surface area contributed by atoms with Gasteiger partial charge in [0, 0.05) is 29.3 Å². The summed E-state index contributed by atoms with van der Waals surface area (Å²) in [5.74, 6) is 0.00522. The van der Waals surface area contributed by atoms with Crippen molar-refractivity contribution in [2.45, 2.75) is 26.4 Å². The zero-order chi connectivity index (χ0) is 18.8. The van der Waals surface area contributed by atoms with E-state index < -0.39 is 0 Å². The minimum atomic E-state index is -0.0588. The van der Waals surface area contributed by atoms with Crippen LogP contribution in [-0.2, 0) is 11.3 Å². The van der Waals surface area contributed by atoms with Crippen LogP contribution in [0.5, 0.6) is 0 Å². The Kier molecular flexibility index (Phi) is 4.50. The monoisotopic (exact) mass is 358 g/mol. The Labute approximate surface area is 158 Å². The first kappa shape index (κ1) is 17.1. The van der Waals surface area contributed by atoms with Crippen molar-refractivity contribution < 1.29 is 4.79 Å². The second-order valence-corrected chi connectivity index (χ2v) is 6.78. The van der Waals surface area contributed by atoms with Crippen LogP contribution in [-0.4, -0.2) is 20.0 Å². The standard InChI is InChI=1S/C22H22N4O/c1-16-13-19-5-3-4-6-21(19)26(16)14-22(27)24-17(2)18-7-9-20(10-8-18)25-12-11-23-15-25/h3-13,15,17H,14H2,1-2H3,(H,24,27)/t17-/m0/s1. The van der Waals surface area contributed by atoms with Gasteiger partial charge in [0.15, 0.2) is 0 Å². The highest BCUT2D eigenvalue weighted by atomic mass is 16.2. The van der Waals surface area contributed by atoms with Gasteiger partial charge in [0.05, 0.1) is 12.4 Å². The van der Waals surface area contributed by atoms with E-state index in [4.69, 9.17) is 0 Å². The van der Waals surface area contributed by atoms with Gasteiger partial charge in [-0.1, -0.05) is 30.3 Å². The van der Waals surface area contributed by atoms with Crippen molar-refractivity contribution >= 4 is 16.8 Å². The lowest BCUT2D eigenvalue weighted by atomic mass is 10.1. The molecule has 0 unspecified atom stereocenters. The van der Waals surface area contributed by atoms with Crippen LogP contribution in [0.3, 0.4) is 0 Å². The molecule has 0 saturated heterocycles. The van der Waals surface area contributed by atoms with Crippen molar-refractivity contribution in [2.24, 2.45) is 0 Å². The molecule has 0 saturated carbocycles. The van der Waals surface area contributed by atoms with Gasteiger partial charge < -0.3 is 14.5 Å². The van der Waals surface area contributed by atoms with Crippen LogP contribution in [0.4, 0.5) is 0 Å². The molecule has 0 bridgehead atoms. The Morgan fingerprint density at radius 1 is 1.15 bits per heavy atom. The summed E-state index contributed by atoms with van der Waals surface area (Å²) in [6.45, 7) is 4.35. The molecule has 0 radical (unpaired) electrons. The van der Waals surface area contributed by atoms with Gasteiger partial charge in [-0.15, -0.1) is 0 Å². The second kappa shape index (κ2) is 7.11. The third-order valence-electron chi connectivity index (χ3n) is 4.89. The molecule has 0 fully saturated rings. The van der Waals surface area contributed by atoms with Gasteiger partial charge >= 0.3 is 0 Å². The molecular weight excluding hydrogens is 336 g/mol. The number of nitrogens with one attached hydrogen (secondary N) is 1. The fraction of sp³-hybridized carbons (Fsp3) is 0.182. The Bertz CT molecular complexity index is 1060. The minimum absolute atomic E-state index is 0.00522. The number of aryl methyl sites for hydroxylation is 1. The molecule has 2 heterocycles. The van der Waals surface area contributed by atoms with Gasteiger partial charge in [-0.25, -0.2) is 4.98 Å². The maximum Gasteiger partial charge on any atom is 0.240 e. The predicted molar refractivity (Wildman–Crippen MR) is 107 cm³/mol. The first-order valence-electron chi connectivity index (χ1n) is 9.04. The van der Waals surface area contributed by atoms with E-state index in [-0.39, 0.29) is 11.9 Å². The largest absolute Gasteiger partial charge is 0.348 e. The summed E-state index contributed by atoms with van der Waals surface area (Å²) in [5.41, 5.74) is 4.29. The van der Waals surface area contributed by atoms with E-state index >= 15 is 0 Å². The Balaban J connectivity index is 1.45. The maximum absolute atomic E-state index is 12.6.